The fraction of sp³-hybridized carbons (Fsp3) is 0.136. The quantitative estimate of drug-likeness (QED) is 0.232. The molecule has 2 aromatic carbocycles. The number of aromatic nitrogens is 4. The van der Waals surface area contributed by atoms with E-state index in [2.05, 4.69) is 56.7 Å². The van der Waals surface area contributed by atoms with Gasteiger partial charge in [-0.25, -0.2) is 4.98 Å². The van der Waals surface area contributed by atoms with Crippen molar-refractivity contribution in [2.75, 3.05) is 5.75 Å². The van der Waals surface area contributed by atoms with Crippen molar-refractivity contribution < 1.29 is 0 Å². The molecule has 4 nitrogen and oxygen atoms in total. The summed E-state index contributed by atoms with van der Waals surface area (Å²) in [6.07, 6.45) is 6.17. The highest BCUT2D eigenvalue weighted by Gasteiger charge is 2.13. The van der Waals surface area contributed by atoms with Crippen molar-refractivity contribution >= 4 is 51.2 Å². The van der Waals surface area contributed by atoms with Crippen molar-refractivity contribution in [3.63, 3.8) is 0 Å². The minimum Gasteiger partial charge on any atom is -0.301 e. The summed E-state index contributed by atoms with van der Waals surface area (Å²) >= 11 is 5.11. The molecule has 0 unspecified atom stereocenters. The summed E-state index contributed by atoms with van der Waals surface area (Å²) < 4.78 is 4.40. The second kappa shape index (κ2) is 9.91. The largest absolute Gasteiger partial charge is 0.301 e. The molecule has 0 N–H and O–H groups in total. The van der Waals surface area contributed by atoms with Crippen molar-refractivity contribution in [1.29, 1.82) is 0 Å². The molecule has 0 aliphatic rings. The first kappa shape index (κ1) is 19.9. The number of fused-ring (bicyclic) bond motifs is 1. The third-order valence-electron chi connectivity index (χ3n) is 4.12. The molecule has 4 rings (SSSR count). The number of benzene rings is 2. The molecule has 2 aromatic heterocycles. The van der Waals surface area contributed by atoms with Crippen LogP contribution in [0.15, 0.2) is 82.8 Å². The molecule has 0 radical (unpaired) electrons. The lowest BCUT2D eigenvalue weighted by Gasteiger charge is -2.06. The molecule has 0 saturated heterocycles. The molecule has 0 atom stereocenters. The molecule has 7 heteroatoms. The summed E-state index contributed by atoms with van der Waals surface area (Å²) in [4.78, 5) is 4.69. The summed E-state index contributed by atoms with van der Waals surface area (Å²) in [5.74, 6) is 2.53. The highest BCUT2D eigenvalue weighted by Crippen LogP contribution is 2.31. The molecule has 0 saturated carbocycles. The van der Waals surface area contributed by atoms with Crippen LogP contribution >= 0.6 is 34.9 Å². The number of rotatable bonds is 9. The number of para-hydroxylation sites is 1. The molecule has 0 bridgehead atoms. The van der Waals surface area contributed by atoms with Crippen molar-refractivity contribution in [3.8, 4) is 0 Å². The van der Waals surface area contributed by atoms with Gasteiger partial charge >= 0.3 is 0 Å². The number of thioether (sulfide) groups is 2. The molecule has 0 fully saturated rings. The van der Waals surface area contributed by atoms with Crippen LogP contribution in [0, 0.1) is 0 Å². The lowest BCUT2D eigenvalue weighted by atomic mass is 10.2. The van der Waals surface area contributed by atoms with Crippen molar-refractivity contribution in [3.05, 3.63) is 84.7 Å². The first-order chi connectivity index (χ1) is 14.3. The number of allylic oxidation sites excluding steroid dienone is 1. The van der Waals surface area contributed by atoms with E-state index in [1.165, 1.54) is 10.3 Å². The van der Waals surface area contributed by atoms with Crippen LogP contribution in [0.2, 0.25) is 0 Å². The Morgan fingerprint density at radius 2 is 1.83 bits per heavy atom. The third-order valence-corrected chi connectivity index (χ3v) is 7.22. The maximum absolute atomic E-state index is 4.69. The van der Waals surface area contributed by atoms with Crippen LogP contribution in [-0.4, -0.2) is 25.5 Å². The molecule has 2 heterocycles. The van der Waals surface area contributed by atoms with E-state index in [0.29, 0.717) is 6.54 Å². The molecule has 4 aromatic rings. The van der Waals surface area contributed by atoms with E-state index in [1.807, 2.05) is 42.5 Å². The van der Waals surface area contributed by atoms with Crippen molar-refractivity contribution in [2.45, 2.75) is 21.8 Å². The molecular weight excluding hydrogens is 416 g/mol. The highest BCUT2D eigenvalue weighted by atomic mass is 32.2. The predicted octanol–water partition coefficient (Wildman–Crippen LogP) is 6.17. The maximum Gasteiger partial charge on any atom is 0.191 e. The Bertz CT molecular complexity index is 1080. The Hall–Kier alpha value is -2.35. The standard InChI is InChI=1S/C22H20N4S3/c1-2-14-26-20(16-28-22-23-18-12-6-7-13-19(18)29-22)24-25-21(26)27-15-8-11-17-9-4-3-5-10-17/h2-13H,1,14-16H2. The number of thiazole rings is 1. The minimum atomic E-state index is 0.702. The zero-order chi connectivity index (χ0) is 19.9. The van der Waals surface area contributed by atoms with E-state index in [9.17, 15) is 0 Å². The maximum atomic E-state index is 4.69. The smallest absolute Gasteiger partial charge is 0.191 e. The van der Waals surface area contributed by atoms with E-state index < -0.39 is 0 Å². The molecule has 0 aliphatic carbocycles. The fourth-order valence-corrected chi connectivity index (χ4v) is 5.54. The van der Waals surface area contributed by atoms with Gasteiger partial charge in [0.05, 0.1) is 16.0 Å². The second-order valence-electron chi connectivity index (χ2n) is 6.16. The summed E-state index contributed by atoms with van der Waals surface area (Å²) in [5, 5.41) is 9.73. The van der Waals surface area contributed by atoms with Gasteiger partial charge in [0.1, 0.15) is 5.82 Å². The van der Waals surface area contributed by atoms with Crippen LogP contribution in [0.25, 0.3) is 16.3 Å². The van der Waals surface area contributed by atoms with E-state index in [1.54, 1.807) is 34.9 Å². The van der Waals surface area contributed by atoms with Crippen LogP contribution in [0.3, 0.4) is 0 Å². The van der Waals surface area contributed by atoms with Gasteiger partial charge in [-0.1, -0.05) is 84.2 Å². The molecule has 0 aliphatic heterocycles. The summed E-state index contributed by atoms with van der Waals surface area (Å²) in [6.45, 7) is 4.59. The Morgan fingerprint density at radius 1 is 1.00 bits per heavy atom. The average Bonchev–Trinajstić information content (AvgIpc) is 3.34. The van der Waals surface area contributed by atoms with E-state index in [4.69, 9.17) is 0 Å². The van der Waals surface area contributed by atoms with E-state index in [0.717, 1.165) is 32.3 Å². The van der Waals surface area contributed by atoms with Gasteiger partial charge in [0.2, 0.25) is 0 Å². The molecular formula is C22H20N4S3. The monoisotopic (exact) mass is 436 g/mol. The summed E-state index contributed by atoms with van der Waals surface area (Å²) in [6, 6.07) is 18.5. The third kappa shape index (κ3) is 5.18. The van der Waals surface area contributed by atoms with Crippen LogP contribution in [0.5, 0.6) is 0 Å². The van der Waals surface area contributed by atoms with E-state index in [-0.39, 0.29) is 0 Å². The summed E-state index contributed by atoms with van der Waals surface area (Å²) in [7, 11) is 0. The van der Waals surface area contributed by atoms with Crippen molar-refractivity contribution in [2.24, 2.45) is 0 Å². The van der Waals surface area contributed by atoms with Crippen LogP contribution in [-0.2, 0) is 12.3 Å². The van der Waals surface area contributed by atoms with Gasteiger partial charge in [-0.2, -0.15) is 0 Å². The Labute approximate surface area is 182 Å². The number of hydrogen-bond acceptors (Lipinski definition) is 6. The van der Waals surface area contributed by atoms with Gasteiger partial charge in [0, 0.05) is 12.3 Å². The first-order valence-electron chi connectivity index (χ1n) is 9.19. The first-order valence-corrected chi connectivity index (χ1v) is 12.0. The molecule has 29 heavy (non-hydrogen) atoms. The van der Waals surface area contributed by atoms with Gasteiger partial charge < -0.3 is 4.57 Å². The predicted molar refractivity (Wildman–Crippen MR) is 126 cm³/mol. The Kier molecular flexibility index (Phi) is 6.82. The van der Waals surface area contributed by atoms with Crippen LogP contribution < -0.4 is 0 Å². The fourth-order valence-electron chi connectivity index (χ4n) is 2.76. The summed E-state index contributed by atoms with van der Waals surface area (Å²) in [5.41, 5.74) is 2.25. The highest BCUT2D eigenvalue weighted by molar-refractivity contribution is 8.00. The van der Waals surface area contributed by atoms with Gasteiger partial charge in [-0.15, -0.1) is 28.1 Å². The Balaban J connectivity index is 1.40. The molecule has 0 amide bonds. The molecule has 0 spiro atoms. The van der Waals surface area contributed by atoms with Gasteiger partial charge in [0.25, 0.3) is 0 Å². The lowest BCUT2D eigenvalue weighted by molar-refractivity contribution is 0.701. The van der Waals surface area contributed by atoms with Gasteiger partial charge in [-0.05, 0) is 17.7 Å². The number of nitrogens with zero attached hydrogens (tertiary/aromatic N) is 4. The van der Waals surface area contributed by atoms with Crippen molar-refractivity contribution in [1.82, 2.24) is 19.7 Å². The van der Waals surface area contributed by atoms with E-state index >= 15 is 0 Å². The normalized spacial score (nSPS) is 11.4. The van der Waals surface area contributed by atoms with Crippen LogP contribution in [0.4, 0.5) is 0 Å². The molecule has 146 valence electrons. The number of hydrogen-bond donors (Lipinski definition) is 0. The average molecular weight is 437 g/mol. The van der Waals surface area contributed by atoms with Gasteiger partial charge in [-0.3, -0.25) is 0 Å². The minimum absolute atomic E-state index is 0.702. The van der Waals surface area contributed by atoms with Crippen LogP contribution in [0.1, 0.15) is 11.4 Å². The topological polar surface area (TPSA) is 43.6 Å². The zero-order valence-electron chi connectivity index (χ0n) is 15.8. The second-order valence-corrected chi connectivity index (χ2v) is 9.40. The SMILES string of the molecule is C=CCn1c(CSc2nc3ccccc3s2)nnc1SCC=Cc1ccccc1. The lowest BCUT2D eigenvalue weighted by Crippen LogP contribution is -2.03. The van der Waals surface area contributed by atoms with Gasteiger partial charge in [0.15, 0.2) is 9.50 Å². The zero-order valence-corrected chi connectivity index (χ0v) is 18.2. The Morgan fingerprint density at radius 3 is 2.66 bits per heavy atom.